The SMILES string of the molecule is CC(C)(C)NCc1cc(C(F)(F)F)cc(-c2ccc(Cl)c(Cl)c2)c1O. The van der Waals surface area contributed by atoms with Gasteiger partial charge in [-0.15, -0.1) is 0 Å². The zero-order chi connectivity index (χ0) is 19.0. The maximum atomic E-state index is 13.3. The van der Waals surface area contributed by atoms with E-state index in [0.29, 0.717) is 5.56 Å². The lowest BCUT2D eigenvalue weighted by Crippen LogP contribution is -2.35. The number of nitrogens with one attached hydrogen (secondary N) is 1. The highest BCUT2D eigenvalue weighted by Crippen LogP contribution is 2.40. The molecule has 0 unspecified atom stereocenters. The van der Waals surface area contributed by atoms with Crippen LogP contribution in [0, 0.1) is 0 Å². The predicted octanol–water partition coefficient (Wildman–Crippen LogP) is 6.27. The van der Waals surface area contributed by atoms with Gasteiger partial charge >= 0.3 is 6.18 Å². The lowest BCUT2D eigenvalue weighted by Gasteiger charge is -2.22. The van der Waals surface area contributed by atoms with Crippen molar-refractivity contribution in [1.29, 1.82) is 0 Å². The standard InChI is InChI=1S/C18H18Cl2F3NO/c1-17(2,3)24-9-11-6-12(18(21,22)23)8-13(16(11)25)10-4-5-14(19)15(20)7-10/h4-8,24-25H,9H2,1-3H3. The molecule has 0 bridgehead atoms. The zero-order valence-electron chi connectivity index (χ0n) is 13.9. The van der Waals surface area contributed by atoms with Crippen LogP contribution in [0.25, 0.3) is 11.1 Å². The number of hydrogen-bond acceptors (Lipinski definition) is 2. The Kier molecular flexibility index (Phi) is 5.62. The molecule has 0 saturated heterocycles. The van der Waals surface area contributed by atoms with Crippen LogP contribution >= 0.6 is 23.2 Å². The summed E-state index contributed by atoms with van der Waals surface area (Å²) in [5, 5.41) is 14.1. The third-order valence-electron chi connectivity index (χ3n) is 3.56. The van der Waals surface area contributed by atoms with Crippen molar-refractivity contribution in [2.75, 3.05) is 0 Å². The normalized spacial score (nSPS) is 12.5. The molecular formula is C18H18Cl2F3NO. The van der Waals surface area contributed by atoms with Crippen molar-refractivity contribution in [3.63, 3.8) is 0 Å². The molecule has 136 valence electrons. The van der Waals surface area contributed by atoms with Crippen molar-refractivity contribution in [3.8, 4) is 16.9 Å². The lowest BCUT2D eigenvalue weighted by molar-refractivity contribution is -0.137. The van der Waals surface area contributed by atoms with Gasteiger partial charge in [0.25, 0.3) is 0 Å². The lowest BCUT2D eigenvalue weighted by atomic mass is 9.97. The van der Waals surface area contributed by atoms with E-state index >= 15 is 0 Å². The minimum Gasteiger partial charge on any atom is -0.507 e. The van der Waals surface area contributed by atoms with E-state index in [9.17, 15) is 18.3 Å². The Balaban J connectivity index is 2.59. The van der Waals surface area contributed by atoms with Crippen LogP contribution in [0.3, 0.4) is 0 Å². The summed E-state index contributed by atoms with van der Waals surface area (Å²) in [5.74, 6) is -0.219. The molecule has 0 aromatic heterocycles. The summed E-state index contributed by atoms with van der Waals surface area (Å²) in [7, 11) is 0. The van der Waals surface area contributed by atoms with E-state index in [2.05, 4.69) is 5.32 Å². The number of hydrogen-bond donors (Lipinski definition) is 2. The van der Waals surface area contributed by atoms with Gasteiger partial charge in [-0.2, -0.15) is 13.2 Å². The second-order valence-electron chi connectivity index (χ2n) is 6.76. The second-order valence-corrected chi connectivity index (χ2v) is 7.58. The van der Waals surface area contributed by atoms with Gasteiger partial charge in [-0.1, -0.05) is 29.3 Å². The third-order valence-corrected chi connectivity index (χ3v) is 4.29. The summed E-state index contributed by atoms with van der Waals surface area (Å²) in [6.07, 6.45) is -4.53. The average Bonchev–Trinajstić information content (AvgIpc) is 2.47. The van der Waals surface area contributed by atoms with Gasteiger partial charge in [-0.3, -0.25) is 0 Å². The molecular weight excluding hydrogens is 374 g/mol. The van der Waals surface area contributed by atoms with Crippen LogP contribution in [-0.4, -0.2) is 10.6 Å². The van der Waals surface area contributed by atoms with Gasteiger partial charge in [0.2, 0.25) is 0 Å². The molecule has 0 radical (unpaired) electrons. The molecule has 0 aliphatic heterocycles. The Morgan fingerprint density at radius 1 is 1.00 bits per heavy atom. The van der Waals surface area contributed by atoms with E-state index in [1.807, 2.05) is 20.8 Å². The Bertz CT molecular complexity index is 783. The topological polar surface area (TPSA) is 32.3 Å². The smallest absolute Gasteiger partial charge is 0.416 e. The Labute approximate surface area is 154 Å². The van der Waals surface area contributed by atoms with Gasteiger partial charge in [0.05, 0.1) is 15.6 Å². The maximum Gasteiger partial charge on any atom is 0.416 e. The molecule has 2 aromatic rings. The Morgan fingerprint density at radius 2 is 1.64 bits per heavy atom. The molecule has 7 heteroatoms. The molecule has 2 aromatic carbocycles. The molecule has 0 heterocycles. The fraction of sp³-hybridized carbons (Fsp3) is 0.333. The van der Waals surface area contributed by atoms with Crippen molar-refractivity contribution < 1.29 is 18.3 Å². The maximum absolute atomic E-state index is 13.3. The zero-order valence-corrected chi connectivity index (χ0v) is 15.4. The minimum atomic E-state index is -4.53. The van der Waals surface area contributed by atoms with Gasteiger partial charge in [-0.05, 0) is 50.6 Å². The molecule has 2 nitrogen and oxygen atoms in total. The predicted molar refractivity (Wildman–Crippen MR) is 95.2 cm³/mol. The summed E-state index contributed by atoms with van der Waals surface area (Å²) < 4.78 is 39.8. The molecule has 0 amide bonds. The van der Waals surface area contributed by atoms with Crippen molar-refractivity contribution in [3.05, 3.63) is 51.5 Å². The summed E-state index contributed by atoms with van der Waals surface area (Å²) in [6, 6.07) is 6.29. The van der Waals surface area contributed by atoms with E-state index < -0.39 is 11.7 Å². The van der Waals surface area contributed by atoms with Crippen LogP contribution in [0.5, 0.6) is 5.75 Å². The van der Waals surface area contributed by atoms with E-state index in [0.717, 1.165) is 12.1 Å². The van der Waals surface area contributed by atoms with Crippen molar-refractivity contribution in [2.24, 2.45) is 0 Å². The van der Waals surface area contributed by atoms with Crippen molar-refractivity contribution in [2.45, 2.75) is 39.0 Å². The van der Waals surface area contributed by atoms with E-state index in [4.69, 9.17) is 23.2 Å². The molecule has 25 heavy (non-hydrogen) atoms. The number of halogens is 5. The number of benzene rings is 2. The number of phenolic OH excluding ortho intramolecular Hbond substituents is 1. The first kappa shape index (κ1) is 19.9. The third kappa shape index (κ3) is 5.03. The molecule has 0 fully saturated rings. The summed E-state index contributed by atoms with van der Waals surface area (Å²) in [4.78, 5) is 0. The Hall–Kier alpha value is -1.43. The molecule has 0 saturated carbocycles. The van der Waals surface area contributed by atoms with Crippen LogP contribution in [0.1, 0.15) is 31.9 Å². The van der Waals surface area contributed by atoms with Crippen LogP contribution in [0.2, 0.25) is 10.0 Å². The van der Waals surface area contributed by atoms with Gasteiger partial charge in [-0.25, -0.2) is 0 Å². The molecule has 2 N–H and O–H groups in total. The van der Waals surface area contributed by atoms with Crippen molar-refractivity contribution >= 4 is 23.2 Å². The largest absolute Gasteiger partial charge is 0.507 e. The number of aromatic hydroxyl groups is 1. The highest BCUT2D eigenvalue weighted by Gasteiger charge is 2.32. The quantitative estimate of drug-likeness (QED) is 0.645. The van der Waals surface area contributed by atoms with Crippen LogP contribution in [-0.2, 0) is 12.7 Å². The van der Waals surface area contributed by atoms with E-state index in [-0.39, 0.29) is 39.0 Å². The van der Waals surface area contributed by atoms with Crippen LogP contribution in [0.15, 0.2) is 30.3 Å². The summed E-state index contributed by atoms with van der Waals surface area (Å²) in [5.41, 5.74) is -0.582. The van der Waals surface area contributed by atoms with E-state index in [1.54, 1.807) is 0 Å². The van der Waals surface area contributed by atoms with Gasteiger partial charge in [0, 0.05) is 23.2 Å². The van der Waals surface area contributed by atoms with E-state index in [1.165, 1.54) is 18.2 Å². The summed E-state index contributed by atoms with van der Waals surface area (Å²) >= 11 is 11.8. The molecule has 0 spiro atoms. The average molecular weight is 392 g/mol. The van der Waals surface area contributed by atoms with Gasteiger partial charge in [0.1, 0.15) is 5.75 Å². The van der Waals surface area contributed by atoms with Crippen LogP contribution in [0.4, 0.5) is 13.2 Å². The molecule has 2 rings (SSSR count). The number of phenols is 1. The first-order valence-corrected chi connectivity index (χ1v) is 8.27. The highest BCUT2D eigenvalue weighted by molar-refractivity contribution is 6.42. The van der Waals surface area contributed by atoms with Gasteiger partial charge in [0.15, 0.2) is 0 Å². The van der Waals surface area contributed by atoms with Gasteiger partial charge < -0.3 is 10.4 Å². The van der Waals surface area contributed by atoms with Crippen molar-refractivity contribution in [1.82, 2.24) is 5.32 Å². The first-order valence-electron chi connectivity index (χ1n) is 7.52. The Morgan fingerprint density at radius 3 is 2.16 bits per heavy atom. The highest BCUT2D eigenvalue weighted by atomic mass is 35.5. The molecule has 0 atom stereocenters. The minimum absolute atomic E-state index is 0.0547. The monoisotopic (exact) mass is 391 g/mol. The van der Waals surface area contributed by atoms with Crippen LogP contribution < -0.4 is 5.32 Å². The first-order chi connectivity index (χ1) is 11.4. The number of rotatable bonds is 3. The number of alkyl halides is 3. The second kappa shape index (κ2) is 7.06. The molecule has 0 aliphatic carbocycles. The fourth-order valence-electron chi connectivity index (χ4n) is 2.24. The summed E-state index contributed by atoms with van der Waals surface area (Å²) in [6.45, 7) is 5.75. The molecule has 0 aliphatic rings. The fourth-order valence-corrected chi connectivity index (χ4v) is 2.54.